The van der Waals surface area contributed by atoms with Gasteiger partial charge in [0.25, 0.3) is 5.96 Å². The molecule has 214 valence electrons. The number of rotatable bonds is 14. The predicted octanol–water partition coefficient (Wildman–Crippen LogP) is 2.20. The van der Waals surface area contributed by atoms with Gasteiger partial charge in [0, 0.05) is 13.1 Å². The zero-order valence-corrected chi connectivity index (χ0v) is 22.3. The number of guanidine groups is 1. The first-order chi connectivity index (χ1) is 19.7. The number of aliphatic carboxylic acids is 1. The van der Waals surface area contributed by atoms with Crippen LogP contribution >= 0.6 is 0 Å². The third-order valence-electron chi connectivity index (χ3n) is 6.38. The second-order valence-corrected chi connectivity index (χ2v) is 9.32. The average molecular weight is 561 g/mol. The molecule has 0 fully saturated rings. The molecule has 12 nitrogen and oxygen atoms in total. The van der Waals surface area contributed by atoms with Crippen molar-refractivity contribution in [2.45, 2.75) is 37.8 Å². The van der Waals surface area contributed by atoms with Crippen molar-refractivity contribution in [3.8, 4) is 0 Å². The quantitative estimate of drug-likeness (QED) is 0.0757. The fraction of sp³-hybridized carbons (Fsp3) is 0.241. The van der Waals surface area contributed by atoms with E-state index in [-0.39, 0.29) is 37.8 Å². The van der Waals surface area contributed by atoms with Gasteiger partial charge in [-0.1, -0.05) is 84.9 Å². The lowest BCUT2D eigenvalue weighted by Crippen LogP contribution is -2.49. The largest absolute Gasteiger partial charge is 0.481 e. The van der Waals surface area contributed by atoms with Crippen LogP contribution in [0.3, 0.4) is 0 Å². The van der Waals surface area contributed by atoms with Gasteiger partial charge in [-0.25, -0.2) is 10.1 Å². The summed E-state index contributed by atoms with van der Waals surface area (Å²) in [4.78, 5) is 50.2. The van der Waals surface area contributed by atoms with Crippen molar-refractivity contribution >= 4 is 23.7 Å². The molecule has 41 heavy (non-hydrogen) atoms. The van der Waals surface area contributed by atoms with Crippen LogP contribution in [0.2, 0.25) is 0 Å². The predicted molar refractivity (Wildman–Crippen MR) is 152 cm³/mol. The molecule has 0 aliphatic rings. The molecule has 6 N–H and O–H groups in total. The van der Waals surface area contributed by atoms with E-state index in [9.17, 15) is 24.5 Å². The monoisotopic (exact) mass is 560 g/mol. The van der Waals surface area contributed by atoms with Gasteiger partial charge in [0.15, 0.2) is 5.03 Å². The minimum atomic E-state index is -1.02. The van der Waals surface area contributed by atoms with Crippen molar-refractivity contribution in [2.75, 3.05) is 6.54 Å². The Balaban J connectivity index is 1.96. The van der Waals surface area contributed by atoms with Gasteiger partial charge in [0.05, 0.1) is 12.3 Å². The number of carbonyl (C=O) groups is 3. The highest BCUT2D eigenvalue weighted by molar-refractivity contribution is 5.92. The number of hydrogen-bond acceptors (Lipinski definition) is 5. The molecule has 3 rings (SSSR count). The molecule has 0 bridgehead atoms. The summed E-state index contributed by atoms with van der Waals surface area (Å²) >= 11 is 0. The van der Waals surface area contributed by atoms with Crippen LogP contribution in [0.4, 0.5) is 0 Å². The zero-order chi connectivity index (χ0) is 29.8. The number of hydrazone groups is 1. The van der Waals surface area contributed by atoms with Crippen LogP contribution in [-0.2, 0) is 27.3 Å². The van der Waals surface area contributed by atoms with Crippen LogP contribution in [0.25, 0.3) is 0 Å². The van der Waals surface area contributed by atoms with E-state index in [4.69, 9.17) is 16.6 Å². The Morgan fingerprint density at radius 1 is 0.902 bits per heavy atom. The van der Waals surface area contributed by atoms with Gasteiger partial charge in [0.1, 0.15) is 11.1 Å². The van der Waals surface area contributed by atoms with E-state index in [0.29, 0.717) is 17.5 Å². The molecule has 0 heterocycles. The van der Waals surface area contributed by atoms with E-state index in [1.54, 1.807) is 24.3 Å². The van der Waals surface area contributed by atoms with Gasteiger partial charge in [-0.3, -0.25) is 14.4 Å². The summed E-state index contributed by atoms with van der Waals surface area (Å²) < 4.78 is 0. The molecule has 12 heteroatoms. The van der Waals surface area contributed by atoms with Crippen LogP contribution in [0, 0.1) is 10.1 Å². The lowest BCUT2D eigenvalue weighted by molar-refractivity contribution is -0.485. The Labute approximate surface area is 236 Å². The number of primary amides is 1. The lowest BCUT2D eigenvalue weighted by atomic mass is 9.89. The SMILES string of the molecule is NC(=O)[C@@H](CCCNC(N)=N[N+](=O)[O-])N(Cc1ccc(CC(=O)O)cc1)C(=O)C(c1ccccc1)c1ccccc1. The second-order valence-electron chi connectivity index (χ2n) is 9.32. The van der Waals surface area contributed by atoms with Crippen LogP contribution in [0.5, 0.6) is 0 Å². The van der Waals surface area contributed by atoms with Gasteiger partial charge in [-0.15, -0.1) is 0 Å². The third-order valence-corrected chi connectivity index (χ3v) is 6.38. The summed E-state index contributed by atoms with van der Waals surface area (Å²) in [5.41, 5.74) is 14.1. The fourth-order valence-corrected chi connectivity index (χ4v) is 4.50. The van der Waals surface area contributed by atoms with E-state index in [1.165, 1.54) is 4.90 Å². The Morgan fingerprint density at radius 3 is 1.93 bits per heavy atom. The minimum Gasteiger partial charge on any atom is -0.481 e. The molecular weight excluding hydrogens is 528 g/mol. The first-order valence-corrected chi connectivity index (χ1v) is 12.9. The first-order valence-electron chi connectivity index (χ1n) is 12.9. The Kier molecular flexibility index (Phi) is 10.9. The van der Waals surface area contributed by atoms with Crippen LogP contribution in [0.1, 0.15) is 41.0 Å². The van der Waals surface area contributed by atoms with Crippen LogP contribution in [0.15, 0.2) is 90.0 Å². The molecule has 0 unspecified atom stereocenters. The molecule has 3 aromatic carbocycles. The maximum absolute atomic E-state index is 14.4. The number of hydrogen-bond donors (Lipinski definition) is 4. The van der Waals surface area contributed by atoms with E-state index in [1.807, 2.05) is 60.7 Å². The van der Waals surface area contributed by atoms with E-state index >= 15 is 0 Å². The van der Waals surface area contributed by atoms with Gasteiger partial charge >= 0.3 is 5.97 Å². The van der Waals surface area contributed by atoms with Crippen molar-refractivity contribution < 1.29 is 24.5 Å². The van der Waals surface area contributed by atoms with Crippen molar-refractivity contribution in [3.05, 3.63) is 117 Å². The first kappa shape index (κ1) is 30.3. The van der Waals surface area contributed by atoms with Crippen LogP contribution in [-0.4, -0.2) is 51.4 Å². The molecule has 0 saturated heterocycles. The lowest BCUT2D eigenvalue weighted by Gasteiger charge is -2.33. The Morgan fingerprint density at radius 2 is 1.44 bits per heavy atom. The molecule has 3 aromatic rings. The van der Waals surface area contributed by atoms with Gasteiger partial charge in [-0.2, -0.15) is 0 Å². The zero-order valence-electron chi connectivity index (χ0n) is 22.3. The summed E-state index contributed by atoms with van der Waals surface area (Å²) in [7, 11) is 0. The molecule has 2 amide bonds. The number of carbonyl (C=O) groups excluding carboxylic acids is 2. The summed E-state index contributed by atoms with van der Waals surface area (Å²) in [5, 5.41) is 24.3. The third kappa shape index (κ3) is 9.17. The topological polar surface area (TPSA) is 194 Å². The number of benzene rings is 3. The second kappa shape index (κ2) is 14.8. The highest BCUT2D eigenvalue weighted by atomic mass is 16.7. The van der Waals surface area contributed by atoms with Crippen molar-refractivity contribution in [1.29, 1.82) is 0 Å². The van der Waals surface area contributed by atoms with E-state index in [2.05, 4.69) is 10.4 Å². The molecular formula is C29H32N6O6. The molecule has 0 aliphatic heterocycles. The summed E-state index contributed by atoms with van der Waals surface area (Å²) in [6.45, 7) is 0.188. The molecule has 0 aliphatic carbocycles. The molecule has 0 aromatic heterocycles. The minimum absolute atomic E-state index is 0.0360. The van der Waals surface area contributed by atoms with Gasteiger partial charge in [-0.05, 0) is 35.1 Å². The maximum Gasteiger partial charge on any atom is 0.307 e. The fourth-order valence-electron chi connectivity index (χ4n) is 4.50. The maximum atomic E-state index is 14.4. The summed E-state index contributed by atoms with van der Waals surface area (Å²) in [6, 6.07) is 24.1. The molecule has 1 atom stereocenters. The van der Waals surface area contributed by atoms with Gasteiger partial charge < -0.3 is 26.8 Å². The number of nitrogens with zero attached hydrogens (tertiary/aromatic N) is 3. The molecule has 0 saturated carbocycles. The van der Waals surface area contributed by atoms with E-state index in [0.717, 1.165) is 11.1 Å². The molecule has 0 radical (unpaired) electrons. The normalized spacial score (nSPS) is 12.0. The number of amides is 2. The number of carboxylic acids is 1. The number of nitrogens with one attached hydrogen (secondary N) is 1. The van der Waals surface area contributed by atoms with Crippen molar-refractivity contribution in [1.82, 2.24) is 10.2 Å². The highest BCUT2D eigenvalue weighted by Gasteiger charge is 2.34. The average Bonchev–Trinajstić information content (AvgIpc) is 2.93. The Hall–Kier alpha value is -5.26. The van der Waals surface area contributed by atoms with Crippen LogP contribution < -0.4 is 16.8 Å². The standard InChI is InChI=1S/C29H32N6O6/c30-27(38)24(12-7-17-32-29(31)33-35(40)41)34(19-21-15-13-20(14-16-21)18-25(36)37)28(39)26(22-8-3-1-4-9-22)23-10-5-2-6-11-23/h1-6,8-11,13-16,24,26H,7,12,17-19H2,(H2,30,38)(H,36,37)(H3,31,32,33)/t24-/m1/s1. The summed E-state index contributed by atoms with van der Waals surface area (Å²) in [6.07, 6.45) is 0.296. The van der Waals surface area contributed by atoms with E-state index < -0.39 is 28.9 Å². The van der Waals surface area contributed by atoms with Gasteiger partial charge in [0.2, 0.25) is 11.8 Å². The highest BCUT2D eigenvalue weighted by Crippen LogP contribution is 2.29. The molecule has 0 spiro atoms. The smallest absolute Gasteiger partial charge is 0.307 e. The van der Waals surface area contributed by atoms with Crippen molar-refractivity contribution in [2.24, 2.45) is 16.6 Å². The number of nitro groups is 1. The number of carboxylic acid groups (broad SMARTS) is 1. The number of nitrogens with two attached hydrogens (primary N) is 2. The van der Waals surface area contributed by atoms with Crippen molar-refractivity contribution in [3.63, 3.8) is 0 Å². The Bertz CT molecular complexity index is 1330. The summed E-state index contributed by atoms with van der Waals surface area (Å²) in [5.74, 6) is -3.13.